The normalized spacial score (nSPS) is 12.3. The van der Waals surface area contributed by atoms with Crippen LogP contribution >= 0.6 is 0 Å². The number of aromatic nitrogens is 4. The van der Waals surface area contributed by atoms with Crippen molar-refractivity contribution in [3.8, 4) is 5.69 Å². The smallest absolute Gasteiger partial charge is 0.247 e. The van der Waals surface area contributed by atoms with Gasteiger partial charge in [-0.05, 0) is 41.4 Å². The molecule has 0 aliphatic rings. The summed E-state index contributed by atoms with van der Waals surface area (Å²) >= 11 is 0. The first-order valence-corrected chi connectivity index (χ1v) is 6.09. The summed E-state index contributed by atoms with van der Waals surface area (Å²) in [4.78, 5) is 0. The third-order valence-electron chi connectivity index (χ3n) is 2.74. The fraction of sp³-hybridized carbons (Fsp3) is 0.417. The lowest BCUT2D eigenvalue weighted by Crippen LogP contribution is -2.17. The number of rotatable bonds is 6. The van der Waals surface area contributed by atoms with Crippen molar-refractivity contribution in [2.45, 2.75) is 13.3 Å². The van der Waals surface area contributed by atoms with E-state index < -0.39 is 0 Å². The van der Waals surface area contributed by atoms with Gasteiger partial charge in [-0.25, -0.2) is 0 Å². The second-order valence-electron chi connectivity index (χ2n) is 4.31. The molecule has 96 valence electrons. The van der Waals surface area contributed by atoms with Gasteiger partial charge < -0.3 is 11.1 Å². The van der Waals surface area contributed by atoms with E-state index in [0.717, 1.165) is 18.7 Å². The zero-order valence-electron chi connectivity index (χ0n) is 10.5. The maximum Gasteiger partial charge on any atom is 0.247 e. The number of nitrogens with zero attached hydrogens (tertiary/aromatic N) is 4. The van der Waals surface area contributed by atoms with Gasteiger partial charge in [0, 0.05) is 6.54 Å². The van der Waals surface area contributed by atoms with Crippen molar-refractivity contribution in [2.24, 2.45) is 11.7 Å². The Bertz CT molecular complexity index is 466. The summed E-state index contributed by atoms with van der Waals surface area (Å²) < 4.78 is 1.69. The minimum Gasteiger partial charge on any atom is -0.352 e. The molecule has 0 spiro atoms. The minimum absolute atomic E-state index is 0.496. The Balaban J connectivity index is 2.05. The van der Waals surface area contributed by atoms with Crippen molar-refractivity contribution in [3.05, 3.63) is 30.3 Å². The van der Waals surface area contributed by atoms with E-state index in [1.807, 2.05) is 30.3 Å². The van der Waals surface area contributed by atoms with Crippen LogP contribution in [0.15, 0.2) is 30.3 Å². The third kappa shape index (κ3) is 3.04. The highest BCUT2D eigenvalue weighted by molar-refractivity contribution is 5.38. The number of hydrogen-bond acceptors (Lipinski definition) is 5. The van der Waals surface area contributed by atoms with E-state index in [0.29, 0.717) is 18.4 Å². The monoisotopic (exact) mass is 246 g/mol. The summed E-state index contributed by atoms with van der Waals surface area (Å²) in [5, 5.41) is 14.9. The Hall–Kier alpha value is -1.95. The molecule has 2 aromatic rings. The molecule has 0 fully saturated rings. The number of tetrazole rings is 1. The molecule has 1 heterocycles. The van der Waals surface area contributed by atoms with E-state index in [-0.39, 0.29) is 0 Å². The molecule has 1 aromatic carbocycles. The molecule has 2 rings (SSSR count). The number of para-hydroxylation sites is 1. The van der Waals surface area contributed by atoms with Gasteiger partial charge in [-0.2, -0.15) is 4.68 Å². The van der Waals surface area contributed by atoms with E-state index in [2.05, 4.69) is 27.8 Å². The molecule has 1 aromatic heterocycles. The molecule has 0 bridgehead atoms. The summed E-state index contributed by atoms with van der Waals surface area (Å²) in [5.41, 5.74) is 6.47. The number of nitrogens with two attached hydrogens (primary N) is 1. The first kappa shape index (κ1) is 12.5. The Morgan fingerprint density at radius 3 is 2.83 bits per heavy atom. The van der Waals surface area contributed by atoms with Crippen LogP contribution in [-0.2, 0) is 0 Å². The molecule has 3 N–H and O–H groups in total. The lowest BCUT2D eigenvalue weighted by Gasteiger charge is -2.11. The highest BCUT2D eigenvalue weighted by atomic mass is 15.6. The Kier molecular flexibility index (Phi) is 4.25. The second-order valence-corrected chi connectivity index (χ2v) is 4.31. The zero-order valence-corrected chi connectivity index (χ0v) is 10.5. The van der Waals surface area contributed by atoms with Gasteiger partial charge in [-0.3, -0.25) is 0 Å². The quantitative estimate of drug-likeness (QED) is 0.796. The van der Waals surface area contributed by atoms with Crippen molar-refractivity contribution < 1.29 is 0 Å². The summed E-state index contributed by atoms with van der Waals surface area (Å²) in [5.74, 6) is 1.15. The topological polar surface area (TPSA) is 81.7 Å². The molecular weight excluding hydrogens is 228 g/mol. The highest BCUT2D eigenvalue weighted by Crippen LogP contribution is 2.11. The Morgan fingerprint density at radius 2 is 2.11 bits per heavy atom. The third-order valence-corrected chi connectivity index (χ3v) is 2.74. The molecule has 1 atom stereocenters. The summed E-state index contributed by atoms with van der Waals surface area (Å²) in [6.45, 7) is 3.66. The molecular formula is C12H18N6. The highest BCUT2D eigenvalue weighted by Gasteiger charge is 2.08. The summed E-state index contributed by atoms with van der Waals surface area (Å²) in [7, 11) is 0. The van der Waals surface area contributed by atoms with Gasteiger partial charge in [0.1, 0.15) is 0 Å². The molecule has 6 heteroatoms. The maximum atomic E-state index is 5.53. The number of hydrogen-bond donors (Lipinski definition) is 2. The van der Waals surface area contributed by atoms with E-state index in [4.69, 9.17) is 5.73 Å². The maximum absolute atomic E-state index is 5.53. The van der Waals surface area contributed by atoms with Crippen molar-refractivity contribution in [1.29, 1.82) is 0 Å². The van der Waals surface area contributed by atoms with E-state index in [1.165, 1.54) is 0 Å². The van der Waals surface area contributed by atoms with Crippen molar-refractivity contribution in [1.82, 2.24) is 20.2 Å². The predicted molar refractivity (Wildman–Crippen MR) is 70.5 cm³/mol. The fourth-order valence-electron chi connectivity index (χ4n) is 1.69. The SMILES string of the molecule is CC(CCN)CNc1nnnn1-c1ccccc1. The van der Waals surface area contributed by atoms with Crippen LogP contribution in [0, 0.1) is 5.92 Å². The first-order valence-electron chi connectivity index (χ1n) is 6.09. The molecule has 6 nitrogen and oxygen atoms in total. The van der Waals surface area contributed by atoms with Crippen LogP contribution < -0.4 is 11.1 Å². The number of nitrogens with one attached hydrogen (secondary N) is 1. The molecule has 0 saturated heterocycles. The molecule has 0 aliphatic heterocycles. The van der Waals surface area contributed by atoms with Gasteiger partial charge in [0.15, 0.2) is 0 Å². The van der Waals surface area contributed by atoms with Crippen LogP contribution in [0.2, 0.25) is 0 Å². The van der Waals surface area contributed by atoms with Crippen LogP contribution in [0.25, 0.3) is 5.69 Å². The fourth-order valence-corrected chi connectivity index (χ4v) is 1.69. The van der Waals surface area contributed by atoms with Crippen LogP contribution in [-0.4, -0.2) is 33.3 Å². The molecule has 0 aliphatic carbocycles. The molecule has 0 radical (unpaired) electrons. The predicted octanol–water partition coefficient (Wildman–Crippen LogP) is 1.06. The average Bonchev–Trinajstić information content (AvgIpc) is 2.86. The van der Waals surface area contributed by atoms with E-state index in [9.17, 15) is 0 Å². The largest absolute Gasteiger partial charge is 0.352 e. The summed E-state index contributed by atoms with van der Waals surface area (Å²) in [6.07, 6.45) is 0.986. The minimum atomic E-state index is 0.496. The number of anilines is 1. The Labute approximate surface area is 106 Å². The van der Waals surface area contributed by atoms with Crippen LogP contribution in [0.5, 0.6) is 0 Å². The first-order chi connectivity index (χ1) is 8.81. The van der Waals surface area contributed by atoms with Crippen molar-refractivity contribution in [2.75, 3.05) is 18.4 Å². The van der Waals surface area contributed by atoms with Gasteiger partial charge in [-0.1, -0.05) is 30.2 Å². The van der Waals surface area contributed by atoms with Gasteiger partial charge >= 0.3 is 0 Å². The molecule has 18 heavy (non-hydrogen) atoms. The number of benzene rings is 1. The van der Waals surface area contributed by atoms with Gasteiger partial charge in [0.2, 0.25) is 5.95 Å². The van der Waals surface area contributed by atoms with Gasteiger partial charge in [0.25, 0.3) is 0 Å². The molecule has 0 amide bonds. The van der Waals surface area contributed by atoms with Crippen molar-refractivity contribution in [3.63, 3.8) is 0 Å². The van der Waals surface area contributed by atoms with E-state index in [1.54, 1.807) is 4.68 Å². The van der Waals surface area contributed by atoms with Crippen LogP contribution in [0.3, 0.4) is 0 Å². The summed E-state index contributed by atoms with van der Waals surface area (Å²) in [6, 6.07) is 9.80. The van der Waals surface area contributed by atoms with Crippen LogP contribution in [0.4, 0.5) is 5.95 Å². The lowest BCUT2D eigenvalue weighted by atomic mass is 10.1. The molecule has 0 saturated carbocycles. The Morgan fingerprint density at radius 1 is 1.33 bits per heavy atom. The molecule has 1 unspecified atom stereocenters. The zero-order chi connectivity index (χ0) is 12.8. The average molecular weight is 246 g/mol. The van der Waals surface area contributed by atoms with Gasteiger partial charge in [-0.15, -0.1) is 0 Å². The van der Waals surface area contributed by atoms with Crippen molar-refractivity contribution >= 4 is 5.95 Å². The van der Waals surface area contributed by atoms with E-state index >= 15 is 0 Å². The van der Waals surface area contributed by atoms with Gasteiger partial charge in [0.05, 0.1) is 5.69 Å². The van der Waals surface area contributed by atoms with Crippen LogP contribution in [0.1, 0.15) is 13.3 Å². The standard InChI is InChI=1S/C12H18N6/c1-10(7-8-13)9-14-12-15-16-17-18(12)11-5-3-2-4-6-11/h2-6,10H,7-9,13H2,1H3,(H,14,15,17). The lowest BCUT2D eigenvalue weighted by molar-refractivity contribution is 0.565. The second kappa shape index (κ2) is 6.11.